The zero-order chi connectivity index (χ0) is 14.5. The first kappa shape index (κ1) is 13.7. The molecule has 0 unspecified atom stereocenters. The summed E-state index contributed by atoms with van der Waals surface area (Å²) in [5.74, 6) is -1.19. The highest BCUT2D eigenvalue weighted by atomic mass is 19.1. The fraction of sp³-hybridized carbons (Fsp3) is 0.154. The summed E-state index contributed by atoms with van der Waals surface area (Å²) in [5, 5.41) is 11.0. The average molecular weight is 273 g/mol. The van der Waals surface area contributed by atoms with Gasteiger partial charge in [-0.3, -0.25) is 4.79 Å². The van der Waals surface area contributed by atoms with Crippen LogP contribution < -0.4 is 11.1 Å². The standard InChI is InChI=1S/C13H12FN5O/c14-10-5-9(6-16)1-2-11(10)18-13(20)12-7-19(4-3-15)8-17-12/h1-2,5,7-8H,3-4,15H2,(H,18,20). The number of amides is 1. The van der Waals surface area contributed by atoms with Gasteiger partial charge in [0.25, 0.3) is 5.91 Å². The SMILES string of the molecule is N#Cc1ccc(NC(=O)c2cn(CCN)cn2)c(F)c1. The van der Waals surface area contributed by atoms with Crippen molar-refractivity contribution in [2.24, 2.45) is 5.73 Å². The van der Waals surface area contributed by atoms with Crippen LogP contribution >= 0.6 is 0 Å². The van der Waals surface area contributed by atoms with Crippen LogP contribution in [0.15, 0.2) is 30.7 Å². The fourth-order valence-electron chi connectivity index (χ4n) is 1.62. The number of aromatic nitrogens is 2. The lowest BCUT2D eigenvalue weighted by Crippen LogP contribution is -2.14. The number of nitriles is 1. The maximum Gasteiger partial charge on any atom is 0.275 e. The Hall–Kier alpha value is -2.72. The number of benzene rings is 1. The number of carbonyl (C=O) groups is 1. The minimum atomic E-state index is -0.668. The lowest BCUT2D eigenvalue weighted by Gasteiger charge is -2.04. The molecule has 7 heteroatoms. The topological polar surface area (TPSA) is 96.7 Å². The highest BCUT2D eigenvalue weighted by Gasteiger charge is 2.12. The number of carbonyl (C=O) groups excluding carboxylic acids is 1. The molecule has 20 heavy (non-hydrogen) atoms. The number of nitrogens with one attached hydrogen (secondary N) is 1. The Kier molecular flexibility index (Phi) is 4.08. The number of anilines is 1. The van der Waals surface area contributed by atoms with Crippen molar-refractivity contribution in [2.45, 2.75) is 6.54 Å². The van der Waals surface area contributed by atoms with Gasteiger partial charge in [-0.2, -0.15) is 5.26 Å². The van der Waals surface area contributed by atoms with Gasteiger partial charge in [0.1, 0.15) is 11.5 Å². The van der Waals surface area contributed by atoms with Crippen molar-refractivity contribution >= 4 is 11.6 Å². The van der Waals surface area contributed by atoms with Crippen molar-refractivity contribution in [2.75, 3.05) is 11.9 Å². The summed E-state index contributed by atoms with van der Waals surface area (Å²) in [6, 6.07) is 5.63. The first-order valence-corrected chi connectivity index (χ1v) is 5.87. The highest BCUT2D eigenvalue weighted by molar-refractivity contribution is 6.02. The molecule has 2 aromatic rings. The van der Waals surface area contributed by atoms with Gasteiger partial charge in [0.05, 0.1) is 23.6 Å². The number of nitrogens with zero attached hydrogens (tertiary/aromatic N) is 3. The van der Waals surface area contributed by atoms with Crippen LogP contribution in [0, 0.1) is 17.1 Å². The largest absolute Gasteiger partial charge is 0.335 e. The van der Waals surface area contributed by atoms with Gasteiger partial charge in [0.2, 0.25) is 0 Å². The lowest BCUT2D eigenvalue weighted by atomic mass is 10.2. The molecule has 0 fully saturated rings. The van der Waals surface area contributed by atoms with E-state index in [0.29, 0.717) is 13.1 Å². The smallest absolute Gasteiger partial charge is 0.275 e. The molecule has 0 radical (unpaired) electrons. The summed E-state index contributed by atoms with van der Waals surface area (Å²) >= 11 is 0. The highest BCUT2D eigenvalue weighted by Crippen LogP contribution is 2.16. The Morgan fingerprint density at radius 2 is 2.35 bits per heavy atom. The van der Waals surface area contributed by atoms with Crippen LogP contribution in [0.5, 0.6) is 0 Å². The second-order valence-corrected chi connectivity index (χ2v) is 4.05. The zero-order valence-electron chi connectivity index (χ0n) is 10.5. The molecule has 0 aliphatic carbocycles. The van der Waals surface area contributed by atoms with Crippen LogP contribution in [0.25, 0.3) is 0 Å². The summed E-state index contributed by atoms with van der Waals surface area (Å²) < 4.78 is 15.3. The molecule has 102 valence electrons. The summed E-state index contributed by atoms with van der Waals surface area (Å²) in [4.78, 5) is 15.8. The van der Waals surface area contributed by atoms with E-state index in [4.69, 9.17) is 11.0 Å². The minimum absolute atomic E-state index is 0.00220. The van der Waals surface area contributed by atoms with Gasteiger partial charge in [-0.1, -0.05) is 0 Å². The minimum Gasteiger partial charge on any atom is -0.335 e. The van der Waals surface area contributed by atoms with Crippen molar-refractivity contribution in [1.29, 1.82) is 5.26 Å². The molecule has 0 spiro atoms. The summed E-state index contributed by atoms with van der Waals surface area (Å²) in [6.45, 7) is 0.979. The van der Waals surface area contributed by atoms with Gasteiger partial charge >= 0.3 is 0 Å². The number of rotatable bonds is 4. The average Bonchev–Trinajstić information content (AvgIpc) is 2.90. The maximum atomic E-state index is 13.6. The molecule has 3 N–H and O–H groups in total. The van der Waals surface area contributed by atoms with Crippen LogP contribution in [0.4, 0.5) is 10.1 Å². The molecular formula is C13H12FN5O. The Balaban J connectivity index is 2.13. The number of hydrogen-bond acceptors (Lipinski definition) is 4. The second kappa shape index (κ2) is 5.95. The number of halogens is 1. The van der Waals surface area contributed by atoms with Crippen molar-refractivity contribution in [1.82, 2.24) is 9.55 Å². The number of nitrogens with two attached hydrogens (primary N) is 1. The molecule has 0 saturated heterocycles. The predicted molar refractivity (Wildman–Crippen MR) is 70.3 cm³/mol. The first-order valence-electron chi connectivity index (χ1n) is 5.87. The monoisotopic (exact) mass is 273 g/mol. The first-order chi connectivity index (χ1) is 9.63. The Labute approximate surface area is 114 Å². The third-order valence-electron chi connectivity index (χ3n) is 2.60. The van der Waals surface area contributed by atoms with Crippen LogP contribution in [-0.4, -0.2) is 22.0 Å². The van der Waals surface area contributed by atoms with Gasteiger partial charge in [-0.15, -0.1) is 0 Å². The molecule has 1 amide bonds. The molecular weight excluding hydrogens is 261 g/mol. The molecule has 0 bridgehead atoms. The molecule has 1 aromatic carbocycles. The van der Waals surface area contributed by atoms with Crippen molar-refractivity contribution in [3.63, 3.8) is 0 Å². The molecule has 0 saturated carbocycles. The van der Waals surface area contributed by atoms with E-state index in [-0.39, 0.29) is 16.9 Å². The van der Waals surface area contributed by atoms with E-state index < -0.39 is 11.7 Å². The quantitative estimate of drug-likeness (QED) is 0.871. The van der Waals surface area contributed by atoms with Crippen LogP contribution in [0.1, 0.15) is 16.1 Å². The maximum absolute atomic E-state index is 13.6. The van der Waals surface area contributed by atoms with E-state index in [0.717, 1.165) is 6.07 Å². The van der Waals surface area contributed by atoms with E-state index in [1.807, 2.05) is 6.07 Å². The molecule has 6 nitrogen and oxygen atoms in total. The van der Waals surface area contributed by atoms with Gasteiger partial charge in [0, 0.05) is 19.3 Å². The van der Waals surface area contributed by atoms with E-state index in [1.54, 1.807) is 4.57 Å². The lowest BCUT2D eigenvalue weighted by molar-refractivity contribution is 0.102. The molecule has 0 aliphatic heterocycles. The summed E-state index contributed by atoms with van der Waals surface area (Å²) in [6.07, 6.45) is 3.01. The van der Waals surface area contributed by atoms with Crippen LogP contribution in [0.3, 0.4) is 0 Å². The van der Waals surface area contributed by atoms with Gasteiger partial charge < -0.3 is 15.6 Å². The van der Waals surface area contributed by atoms with E-state index in [2.05, 4.69) is 10.3 Å². The summed E-state index contributed by atoms with van der Waals surface area (Å²) in [5.41, 5.74) is 5.75. The Bertz CT molecular complexity index is 674. The van der Waals surface area contributed by atoms with E-state index >= 15 is 0 Å². The molecule has 1 heterocycles. The second-order valence-electron chi connectivity index (χ2n) is 4.05. The molecule has 0 aliphatic rings. The number of hydrogen-bond donors (Lipinski definition) is 2. The van der Waals surface area contributed by atoms with Crippen molar-refractivity contribution in [3.8, 4) is 6.07 Å². The summed E-state index contributed by atoms with van der Waals surface area (Å²) in [7, 11) is 0. The molecule has 2 rings (SSSR count). The molecule has 0 atom stereocenters. The zero-order valence-corrected chi connectivity index (χ0v) is 10.5. The van der Waals surface area contributed by atoms with Crippen molar-refractivity contribution in [3.05, 3.63) is 47.8 Å². The number of imidazole rings is 1. The Morgan fingerprint density at radius 1 is 1.55 bits per heavy atom. The predicted octanol–water partition coefficient (Wildman–Crippen LogP) is 1.10. The normalized spacial score (nSPS) is 10.1. The van der Waals surface area contributed by atoms with E-state index in [9.17, 15) is 9.18 Å². The third kappa shape index (κ3) is 2.99. The Morgan fingerprint density at radius 3 is 3.00 bits per heavy atom. The molecule has 1 aromatic heterocycles. The van der Waals surface area contributed by atoms with Gasteiger partial charge in [0.15, 0.2) is 0 Å². The van der Waals surface area contributed by atoms with Gasteiger partial charge in [-0.25, -0.2) is 9.37 Å². The van der Waals surface area contributed by atoms with Gasteiger partial charge in [-0.05, 0) is 18.2 Å². The third-order valence-corrected chi connectivity index (χ3v) is 2.60. The van der Waals surface area contributed by atoms with Crippen LogP contribution in [0.2, 0.25) is 0 Å². The fourth-order valence-corrected chi connectivity index (χ4v) is 1.62. The van der Waals surface area contributed by atoms with Crippen molar-refractivity contribution < 1.29 is 9.18 Å². The van der Waals surface area contributed by atoms with E-state index in [1.165, 1.54) is 24.7 Å². The van der Waals surface area contributed by atoms with Crippen LogP contribution in [-0.2, 0) is 6.54 Å².